The Balaban J connectivity index is 1.93. The highest BCUT2D eigenvalue weighted by Crippen LogP contribution is 2.12. The number of urea groups is 1. The third kappa shape index (κ3) is 4.39. The summed E-state index contributed by atoms with van der Waals surface area (Å²) in [7, 11) is 0. The zero-order valence-electron chi connectivity index (χ0n) is 11.9. The molecule has 0 bridgehead atoms. The molecule has 0 aromatic heterocycles. The SMILES string of the molecule is NC(=S)c1ccc(CNC(=O)N2CCCCCC2)c(F)c1. The van der Waals surface area contributed by atoms with Crippen LogP contribution in [0, 0.1) is 5.82 Å². The second-order valence-electron chi connectivity index (χ2n) is 5.23. The maximum Gasteiger partial charge on any atom is 0.317 e. The van der Waals surface area contributed by atoms with Crippen LogP contribution in [-0.4, -0.2) is 29.0 Å². The van der Waals surface area contributed by atoms with E-state index in [2.05, 4.69) is 5.32 Å². The van der Waals surface area contributed by atoms with Crippen molar-refractivity contribution in [1.82, 2.24) is 10.2 Å². The minimum Gasteiger partial charge on any atom is -0.389 e. The molecule has 1 aliphatic heterocycles. The topological polar surface area (TPSA) is 58.4 Å². The highest BCUT2D eigenvalue weighted by molar-refractivity contribution is 7.80. The molecule has 21 heavy (non-hydrogen) atoms. The number of nitrogens with one attached hydrogen (secondary N) is 1. The molecule has 1 aliphatic rings. The Bertz CT molecular complexity index is 528. The molecule has 1 aromatic carbocycles. The maximum absolute atomic E-state index is 13.9. The third-order valence-corrected chi connectivity index (χ3v) is 3.90. The van der Waals surface area contributed by atoms with Gasteiger partial charge < -0.3 is 16.0 Å². The Kier molecular flexibility index (Phi) is 5.50. The minimum absolute atomic E-state index is 0.130. The lowest BCUT2D eigenvalue weighted by molar-refractivity contribution is 0.199. The molecule has 1 fully saturated rings. The van der Waals surface area contributed by atoms with Crippen LogP contribution >= 0.6 is 12.2 Å². The lowest BCUT2D eigenvalue weighted by atomic mass is 10.1. The summed E-state index contributed by atoms with van der Waals surface area (Å²) in [5, 5.41) is 2.77. The fourth-order valence-corrected chi connectivity index (χ4v) is 2.53. The van der Waals surface area contributed by atoms with E-state index in [1.807, 2.05) is 0 Å². The van der Waals surface area contributed by atoms with Crippen LogP contribution in [0.4, 0.5) is 9.18 Å². The summed E-state index contributed by atoms with van der Waals surface area (Å²) in [6.45, 7) is 1.71. The van der Waals surface area contributed by atoms with E-state index in [0.29, 0.717) is 11.1 Å². The summed E-state index contributed by atoms with van der Waals surface area (Å²) >= 11 is 4.80. The molecule has 0 radical (unpaired) electrons. The van der Waals surface area contributed by atoms with Gasteiger partial charge in [-0.05, 0) is 18.9 Å². The number of carbonyl (C=O) groups excluding carboxylic acids is 1. The normalized spacial score (nSPS) is 15.4. The molecule has 2 amide bonds. The van der Waals surface area contributed by atoms with Crippen LogP contribution in [0.2, 0.25) is 0 Å². The van der Waals surface area contributed by atoms with E-state index in [4.69, 9.17) is 18.0 Å². The largest absolute Gasteiger partial charge is 0.389 e. The number of thiocarbonyl (C=S) groups is 1. The first-order valence-electron chi connectivity index (χ1n) is 7.19. The van der Waals surface area contributed by atoms with Crippen molar-refractivity contribution < 1.29 is 9.18 Å². The van der Waals surface area contributed by atoms with Crippen molar-refractivity contribution in [2.24, 2.45) is 5.73 Å². The van der Waals surface area contributed by atoms with E-state index in [0.717, 1.165) is 25.9 Å². The molecular weight excluding hydrogens is 289 g/mol. The van der Waals surface area contributed by atoms with E-state index >= 15 is 0 Å². The molecule has 0 atom stereocenters. The molecule has 3 N–H and O–H groups in total. The summed E-state index contributed by atoms with van der Waals surface area (Å²) in [5.41, 5.74) is 6.38. The average molecular weight is 309 g/mol. The number of nitrogens with zero attached hydrogens (tertiary/aromatic N) is 1. The zero-order valence-corrected chi connectivity index (χ0v) is 12.7. The van der Waals surface area contributed by atoms with Gasteiger partial charge in [0, 0.05) is 30.8 Å². The zero-order chi connectivity index (χ0) is 15.2. The van der Waals surface area contributed by atoms with Crippen molar-refractivity contribution in [2.45, 2.75) is 32.2 Å². The standard InChI is InChI=1S/C15H20FN3OS/c16-13-9-11(14(17)21)5-6-12(13)10-18-15(20)19-7-3-1-2-4-8-19/h5-6,9H,1-4,7-8,10H2,(H2,17,21)(H,18,20). The average Bonchev–Trinajstić information content (AvgIpc) is 2.74. The number of nitrogens with two attached hydrogens (primary N) is 1. The first-order chi connectivity index (χ1) is 10.1. The van der Waals surface area contributed by atoms with Crippen molar-refractivity contribution in [3.05, 3.63) is 35.1 Å². The third-order valence-electron chi connectivity index (χ3n) is 3.66. The Morgan fingerprint density at radius 2 is 1.95 bits per heavy atom. The second kappa shape index (κ2) is 7.36. The van der Waals surface area contributed by atoms with Gasteiger partial charge in [0.1, 0.15) is 10.8 Å². The van der Waals surface area contributed by atoms with Gasteiger partial charge >= 0.3 is 6.03 Å². The molecule has 6 heteroatoms. The summed E-state index contributed by atoms with van der Waals surface area (Å²) in [6.07, 6.45) is 4.40. The van der Waals surface area contributed by atoms with Crippen LogP contribution in [0.15, 0.2) is 18.2 Å². The molecule has 1 aromatic rings. The predicted molar refractivity (Wildman–Crippen MR) is 84.6 cm³/mol. The fourth-order valence-electron chi connectivity index (χ4n) is 2.40. The van der Waals surface area contributed by atoms with E-state index < -0.39 is 5.82 Å². The number of benzene rings is 1. The summed E-state index contributed by atoms with van der Waals surface area (Å²) < 4.78 is 13.9. The molecule has 1 heterocycles. The van der Waals surface area contributed by atoms with Crippen molar-refractivity contribution in [3.63, 3.8) is 0 Å². The maximum atomic E-state index is 13.9. The Morgan fingerprint density at radius 3 is 2.52 bits per heavy atom. The molecule has 2 rings (SSSR count). The quantitative estimate of drug-likeness (QED) is 0.844. The molecule has 0 unspecified atom stereocenters. The van der Waals surface area contributed by atoms with Gasteiger partial charge in [0.05, 0.1) is 0 Å². The van der Waals surface area contributed by atoms with Gasteiger partial charge in [-0.3, -0.25) is 0 Å². The summed E-state index contributed by atoms with van der Waals surface area (Å²) in [6, 6.07) is 4.44. The molecule has 114 valence electrons. The summed E-state index contributed by atoms with van der Waals surface area (Å²) in [4.78, 5) is 14.0. The number of rotatable bonds is 3. The highest BCUT2D eigenvalue weighted by Gasteiger charge is 2.15. The number of hydrogen-bond acceptors (Lipinski definition) is 2. The highest BCUT2D eigenvalue weighted by atomic mass is 32.1. The second-order valence-corrected chi connectivity index (χ2v) is 5.67. The van der Waals surface area contributed by atoms with E-state index in [1.54, 1.807) is 17.0 Å². The molecule has 4 nitrogen and oxygen atoms in total. The molecule has 0 spiro atoms. The van der Waals surface area contributed by atoms with Crippen molar-refractivity contribution >= 4 is 23.2 Å². The van der Waals surface area contributed by atoms with Gasteiger partial charge in [-0.15, -0.1) is 0 Å². The van der Waals surface area contributed by atoms with Crippen LogP contribution in [0.25, 0.3) is 0 Å². The van der Waals surface area contributed by atoms with E-state index in [1.165, 1.54) is 18.9 Å². The number of carbonyl (C=O) groups is 1. The van der Waals surface area contributed by atoms with E-state index in [-0.39, 0.29) is 17.6 Å². The molecule has 1 saturated heterocycles. The smallest absolute Gasteiger partial charge is 0.317 e. The number of likely N-dealkylation sites (tertiary alicyclic amines) is 1. The Labute approximate surface area is 129 Å². The summed E-state index contributed by atoms with van der Waals surface area (Å²) in [5.74, 6) is -0.406. The van der Waals surface area contributed by atoms with Crippen LogP contribution in [0.5, 0.6) is 0 Å². The number of amides is 2. The van der Waals surface area contributed by atoms with Gasteiger partial charge in [0.15, 0.2) is 0 Å². The minimum atomic E-state index is -0.406. The van der Waals surface area contributed by atoms with Crippen LogP contribution in [0.1, 0.15) is 36.8 Å². The number of halogens is 1. The van der Waals surface area contributed by atoms with Gasteiger partial charge in [0.25, 0.3) is 0 Å². The van der Waals surface area contributed by atoms with Crippen molar-refractivity contribution in [2.75, 3.05) is 13.1 Å². The van der Waals surface area contributed by atoms with Gasteiger partial charge in [-0.2, -0.15) is 0 Å². The lowest BCUT2D eigenvalue weighted by Gasteiger charge is -2.20. The van der Waals surface area contributed by atoms with E-state index in [9.17, 15) is 9.18 Å². The van der Waals surface area contributed by atoms with Crippen LogP contribution in [0.3, 0.4) is 0 Å². The van der Waals surface area contributed by atoms with Gasteiger partial charge in [-0.25, -0.2) is 9.18 Å². The molecule has 0 aliphatic carbocycles. The van der Waals surface area contributed by atoms with Crippen LogP contribution in [-0.2, 0) is 6.54 Å². The van der Waals surface area contributed by atoms with Crippen molar-refractivity contribution in [3.8, 4) is 0 Å². The number of hydrogen-bond donors (Lipinski definition) is 2. The first kappa shape index (κ1) is 15.7. The molecule has 0 saturated carbocycles. The predicted octanol–water partition coefficient (Wildman–Crippen LogP) is 2.55. The Morgan fingerprint density at radius 1 is 1.29 bits per heavy atom. The monoisotopic (exact) mass is 309 g/mol. The Hall–Kier alpha value is -1.69. The first-order valence-corrected chi connectivity index (χ1v) is 7.60. The van der Waals surface area contributed by atoms with Gasteiger partial charge in [-0.1, -0.05) is 37.2 Å². The van der Waals surface area contributed by atoms with Crippen LogP contribution < -0.4 is 11.1 Å². The lowest BCUT2D eigenvalue weighted by Crippen LogP contribution is -2.40. The fraction of sp³-hybridized carbons (Fsp3) is 0.467. The molecular formula is C15H20FN3OS. The van der Waals surface area contributed by atoms with Crippen molar-refractivity contribution in [1.29, 1.82) is 0 Å². The van der Waals surface area contributed by atoms with Gasteiger partial charge in [0.2, 0.25) is 0 Å².